The number of piperazine rings is 1. The third-order valence-corrected chi connectivity index (χ3v) is 5.38. The molecule has 0 unspecified atom stereocenters. The summed E-state index contributed by atoms with van der Waals surface area (Å²) in [6.07, 6.45) is 2.32. The number of benzene rings is 2. The number of para-hydroxylation sites is 1. The normalized spacial score (nSPS) is 13.9. The fourth-order valence-corrected chi connectivity index (χ4v) is 3.56. The molecule has 0 bridgehead atoms. The number of carbonyl (C=O) groups excluding carboxylic acids is 1. The Bertz CT molecular complexity index is 948. The molecule has 1 aromatic heterocycles. The van der Waals surface area contributed by atoms with E-state index in [1.54, 1.807) is 0 Å². The highest BCUT2D eigenvalue weighted by molar-refractivity contribution is 5.79. The number of carbonyl (C=O) groups is 1. The summed E-state index contributed by atoms with van der Waals surface area (Å²) in [6, 6.07) is 22.0. The lowest BCUT2D eigenvalue weighted by Crippen LogP contribution is -2.49. The Balaban J connectivity index is 1.25. The van der Waals surface area contributed by atoms with Crippen molar-refractivity contribution in [3.8, 4) is 5.75 Å². The van der Waals surface area contributed by atoms with Crippen molar-refractivity contribution in [3.63, 3.8) is 0 Å². The molecule has 0 N–H and O–H groups in total. The highest BCUT2D eigenvalue weighted by Crippen LogP contribution is 2.16. The van der Waals surface area contributed by atoms with E-state index in [2.05, 4.69) is 22.0 Å². The summed E-state index contributed by atoms with van der Waals surface area (Å²) >= 11 is 0. The van der Waals surface area contributed by atoms with E-state index in [4.69, 9.17) is 4.74 Å². The van der Waals surface area contributed by atoms with Crippen LogP contribution in [0.5, 0.6) is 5.75 Å². The lowest BCUT2D eigenvalue weighted by Gasteiger charge is -2.35. The topological polar surface area (TPSA) is 45.7 Å². The van der Waals surface area contributed by atoms with Crippen LogP contribution in [0.4, 0.5) is 5.82 Å². The summed E-state index contributed by atoms with van der Waals surface area (Å²) in [5.74, 6) is 2.03. The first-order valence-electron chi connectivity index (χ1n) is 10.4. The molecule has 0 atom stereocenters. The Hall–Kier alpha value is -3.34. The maximum absolute atomic E-state index is 12.7. The highest BCUT2D eigenvalue weighted by atomic mass is 16.5. The average Bonchev–Trinajstić information content (AvgIpc) is 2.80. The van der Waals surface area contributed by atoms with Crippen LogP contribution in [0.15, 0.2) is 72.9 Å². The van der Waals surface area contributed by atoms with Gasteiger partial charge in [0.15, 0.2) is 0 Å². The lowest BCUT2D eigenvalue weighted by atomic mass is 10.1. The van der Waals surface area contributed by atoms with Crippen molar-refractivity contribution in [1.29, 1.82) is 0 Å². The van der Waals surface area contributed by atoms with Gasteiger partial charge in [0.25, 0.3) is 0 Å². The molecule has 2 aromatic carbocycles. The van der Waals surface area contributed by atoms with Crippen LogP contribution in [0.1, 0.15) is 16.7 Å². The molecule has 2 heterocycles. The Kier molecular flexibility index (Phi) is 6.28. The second-order valence-corrected chi connectivity index (χ2v) is 7.66. The van der Waals surface area contributed by atoms with Gasteiger partial charge in [-0.25, -0.2) is 4.98 Å². The van der Waals surface area contributed by atoms with Crippen LogP contribution in [0.25, 0.3) is 0 Å². The molecular weight excluding hydrogens is 374 g/mol. The van der Waals surface area contributed by atoms with Crippen molar-refractivity contribution in [2.24, 2.45) is 0 Å². The van der Waals surface area contributed by atoms with Gasteiger partial charge in [-0.15, -0.1) is 0 Å². The van der Waals surface area contributed by atoms with Crippen LogP contribution in [0, 0.1) is 6.92 Å². The molecule has 154 valence electrons. The zero-order valence-electron chi connectivity index (χ0n) is 17.3. The Morgan fingerprint density at radius 3 is 2.27 bits per heavy atom. The van der Waals surface area contributed by atoms with Gasteiger partial charge in [-0.05, 0) is 41.8 Å². The number of pyridine rings is 1. The van der Waals surface area contributed by atoms with E-state index in [1.165, 1.54) is 0 Å². The van der Waals surface area contributed by atoms with Crippen LogP contribution in [0.2, 0.25) is 0 Å². The summed E-state index contributed by atoms with van der Waals surface area (Å²) in [6.45, 7) is 5.66. The molecule has 1 amide bonds. The van der Waals surface area contributed by atoms with Crippen molar-refractivity contribution in [2.45, 2.75) is 20.0 Å². The number of aromatic nitrogens is 1. The van der Waals surface area contributed by atoms with Crippen LogP contribution in [-0.2, 0) is 17.8 Å². The molecule has 1 fully saturated rings. The zero-order chi connectivity index (χ0) is 20.8. The van der Waals surface area contributed by atoms with Crippen molar-refractivity contribution in [3.05, 3.63) is 89.6 Å². The third-order valence-electron chi connectivity index (χ3n) is 5.38. The molecule has 3 aromatic rings. The quantitative estimate of drug-likeness (QED) is 0.629. The number of rotatable bonds is 6. The minimum absolute atomic E-state index is 0.180. The summed E-state index contributed by atoms with van der Waals surface area (Å²) < 4.78 is 5.78. The van der Waals surface area contributed by atoms with E-state index in [0.717, 1.165) is 54.4 Å². The number of anilines is 1. The predicted molar refractivity (Wildman–Crippen MR) is 119 cm³/mol. The number of hydrogen-bond acceptors (Lipinski definition) is 4. The van der Waals surface area contributed by atoms with Gasteiger partial charge in [-0.2, -0.15) is 0 Å². The molecule has 1 aliphatic heterocycles. The molecule has 0 aliphatic carbocycles. The first-order valence-corrected chi connectivity index (χ1v) is 10.4. The number of nitrogens with zero attached hydrogens (tertiary/aromatic N) is 3. The molecule has 5 heteroatoms. The van der Waals surface area contributed by atoms with Gasteiger partial charge < -0.3 is 14.5 Å². The van der Waals surface area contributed by atoms with Gasteiger partial charge in [-0.1, -0.05) is 48.5 Å². The predicted octanol–water partition coefficient (Wildman–Crippen LogP) is 3.86. The molecule has 30 heavy (non-hydrogen) atoms. The van der Waals surface area contributed by atoms with Gasteiger partial charge in [0.2, 0.25) is 5.91 Å². The van der Waals surface area contributed by atoms with Crippen molar-refractivity contribution in [1.82, 2.24) is 9.88 Å². The number of hydrogen-bond donors (Lipinski definition) is 0. The number of aryl methyl sites for hydroxylation is 1. The third kappa shape index (κ3) is 5.17. The largest absolute Gasteiger partial charge is 0.489 e. The van der Waals surface area contributed by atoms with Crippen molar-refractivity contribution < 1.29 is 9.53 Å². The maximum Gasteiger partial charge on any atom is 0.227 e. The second-order valence-electron chi connectivity index (χ2n) is 7.66. The highest BCUT2D eigenvalue weighted by Gasteiger charge is 2.21. The van der Waals surface area contributed by atoms with E-state index in [0.29, 0.717) is 13.0 Å². The molecule has 1 saturated heterocycles. The van der Waals surface area contributed by atoms with Crippen molar-refractivity contribution in [2.75, 3.05) is 31.1 Å². The van der Waals surface area contributed by atoms with E-state index in [1.807, 2.05) is 72.6 Å². The van der Waals surface area contributed by atoms with Crippen molar-refractivity contribution >= 4 is 11.7 Å². The Labute approximate surface area is 177 Å². The number of ether oxygens (including phenoxy) is 1. The summed E-state index contributed by atoms with van der Waals surface area (Å²) in [4.78, 5) is 21.4. The molecule has 0 spiro atoms. The van der Waals surface area contributed by atoms with Crippen LogP contribution >= 0.6 is 0 Å². The first-order chi connectivity index (χ1) is 14.7. The molecule has 5 nitrogen and oxygen atoms in total. The molecule has 1 aliphatic rings. The minimum atomic E-state index is 0.180. The van der Waals surface area contributed by atoms with Crippen LogP contribution in [-0.4, -0.2) is 42.0 Å². The van der Waals surface area contributed by atoms with Gasteiger partial charge >= 0.3 is 0 Å². The summed E-state index contributed by atoms with van der Waals surface area (Å²) in [5.41, 5.74) is 3.28. The smallest absolute Gasteiger partial charge is 0.227 e. The first kappa shape index (κ1) is 20.0. The Morgan fingerprint density at radius 2 is 1.60 bits per heavy atom. The summed E-state index contributed by atoms with van der Waals surface area (Å²) in [7, 11) is 0. The molecule has 4 rings (SSSR count). The zero-order valence-corrected chi connectivity index (χ0v) is 17.3. The van der Waals surface area contributed by atoms with Gasteiger partial charge in [0.05, 0.1) is 6.42 Å². The standard InChI is InChI=1S/C25H27N3O2/c1-20-7-12-24(26-18-20)27-13-15-28(16-14-27)25(29)17-21-8-10-22(11-9-21)19-30-23-5-3-2-4-6-23/h2-12,18H,13-17,19H2,1H3. The molecule has 0 saturated carbocycles. The fraction of sp³-hybridized carbons (Fsp3) is 0.280. The van der Waals surface area contributed by atoms with E-state index >= 15 is 0 Å². The van der Waals surface area contributed by atoms with E-state index < -0.39 is 0 Å². The SMILES string of the molecule is Cc1ccc(N2CCN(C(=O)Cc3ccc(COc4ccccc4)cc3)CC2)nc1. The Morgan fingerprint density at radius 1 is 0.900 bits per heavy atom. The second kappa shape index (κ2) is 9.44. The molecule has 0 radical (unpaired) electrons. The monoisotopic (exact) mass is 401 g/mol. The number of amides is 1. The lowest BCUT2D eigenvalue weighted by molar-refractivity contribution is -0.130. The maximum atomic E-state index is 12.7. The molecular formula is C25H27N3O2. The fourth-order valence-electron chi connectivity index (χ4n) is 3.56. The van der Waals surface area contributed by atoms with Crippen LogP contribution < -0.4 is 9.64 Å². The van der Waals surface area contributed by atoms with E-state index in [-0.39, 0.29) is 5.91 Å². The van der Waals surface area contributed by atoms with Gasteiger partial charge in [-0.3, -0.25) is 4.79 Å². The van der Waals surface area contributed by atoms with Crippen LogP contribution in [0.3, 0.4) is 0 Å². The van der Waals surface area contributed by atoms with Gasteiger partial charge in [0, 0.05) is 32.4 Å². The minimum Gasteiger partial charge on any atom is -0.489 e. The summed E-state index contributed by atoms with van der Waals surface area (Å²) in [5, 5.41) is 0. The van der Waals surface area contributed by atoms with E-state index in [9.17, 15) is 4.79 Å². The van der Waals surface area contributed by atoms with Gasteiger partial charge in [0.1, 0.15) is 18.2 Å². The average molecular weight is 402 g/mol.